The van der Waals surface area contributed by atoms with E-state index in [1.54, 1.807) is 13.1 Å². The number of amides is 1. The van der Waals surface area contributed by atoms with E-state index in [-0.39, 0.29) is 12.5 Å². The van der Waals surface area contributed by atoms with Crippen molar-refractivity contribution in [2.75, 3.05) is 36.7 Å². The summed E-state index contributed by atoms with van der Waals surface area (Å²) in [5.74, 6) is 6.57. The van der Waals surface area contributed by atoms with Crippen molar-refractivity contribution in [3.63, 3.8) is 0 Å². The zero-order valence-corrected chi connectivity index (χ0v) is 12.3. The van der Waals surface area contributed by atoms with Gasteiger partial charge in [-0.25, -0.2) is 15.8 Å². The van der Waals surface area contributed by atoms with E-state index in [0.29, 0.717) is 16.8 Å². The molecule has 19 heavy (non-hydrogen) atoms. The van der Waals surface area contributed by atoms with E-state index in [4.69, 9.17) is 5.84 Å². The van der Waals surface area contributed by atoms with Gasteiger partial charge in [-0.2, -0.15) is 0 Å². The molecule has 0 atom stereocenters. The van der Waals surface area contributed by atoms with Crippen LogP contribution in [-0.2, 0) is 4.79 Å². The van der Waals surface area contributed by atoms with Gasteiger partial charge in [-0.05, 0) is 12.7 Å². The van der Waals surface area contributed by atoms with Gasteiger partial charge >= 0.3 is 0 Å². The summed E-state index contributed by atoms with van der Waals surface area (Å²) in [4.78, 5) is 22.1. The lowest BCUT2D eigenvalue weighted by Gasteiger charge is -2.22. The Balaban J connectivity index is 3.02. The Morgan fingerprint density at radius 1 is 1.53 bits per heavy atom. The highest BCUT2D eigenvalue weighted by atomic mass is 32.2. The number of hydrogen-bond acceptors (Lipinski definition) is 7. The normalized spacial score (nSPS) is 10.1. The summed E-state index contributed by atoms with van der Waals surface area (Å²) >= 11 is 1.43. The summed E-state index contributed by atoms with van der Waals surface area (Å²) in [5, 5.41) is 3.23. The van der Waals surface area contributed by atoms with Gasteiger partial charge in [-0.15, -0.1) is 0 Å². The topological polar surface area (TPSA) is 96.2 Å². The Morgan fingerprint density at radius 2 is 2.26 bits per heavy atom. The summed E-state index contributed by atoms with van der Waals surface area (Å²) in [7, 11) is 1.62. The van der Waals surface area contributed by atoms with Crippen LogP contribution in [0.3, 0.4) is 0 Å². The minimum Gasteiger partial charge on any atom is -0.358 e. The maximum Gasteiger partial charge on any atom is 0.239 e. The Hall–Kier alpha value is -1.54. The minimum atomic E-state index is -0.0555. The fourth-order valence-electron chi connectivity index (χ4n) is 1.54. The quantitative estimate of drug-likeness (QED) is 0.289. The van der Waals surface area contributed by atoms with Gasteiger partial charge in [0.15, 0.2) is 5.16 Å². The van der Waals surface area contributed by atoms with Gasteiger partial charge in [0.05, 0.1) is 6.54 Å². The molecule has 106 valence electrons. The molecule has 0 aromatic carbocycles. The average molecular weight is 284 g/mol. The molecule has 1 aromatic rings. The second-order valence-electron chi connectivity index (χ2n) is 3.84. The molecule has 0 aliphatic heterocycles. The van der Waals surface area contributed by atoms with E-state index >= 15 is 0 Å². The first kappa shape index (κ1) is 15.5. The van der Waals surface area contributed by atoms with Crippen LogP contribution in [0, 0.1) is 0 Å². The third kappa shape index (κ3) is 4.56. The highest BCUT2D eigenvalue weighted by Crippen LogP contribution is 2.20. The van der Waals surface area contributed by atoms with Crippen molar-refractivity contribution in [3.8, 4) is 0 Å². The van der Waals surface area contributed by atoms with Crippen LogP contribution in [-0.4, -0.2) is 42.3 Å². The van der Waals surface area contributed by atoms with Gasteiger partial charge in [0.1, 0.15) is 11.6 Å². The predicted octanol–water partition coefficient (Wildman–Crippen LogP) is 0.446. The van der Waals surface area contributed by atoms with Crippen LogP contribution >= 0.6 is 11.8 Å². The van der Waals surface area contributed by atoms with E-state index in [9.17, 15) is 4.79 Å². The molecule has 0 spiro atoms. The summed E-state index contributed by atoms with van der Waals surface area (Å²) < 4.78 is 0. The number of likely N-dealkylation sites (N-methyl/N-ethyl adjacent to an activating group) is 1. The van der Waals surface area contributed by atoms with Crippen molar-refractivity contribution in [1.82, 2.24) is 15.3 Å². The molecule has 0 aliphatic carbocycles. The number of thioether (sulfide) groups is 1. The second kappa shape index (κ2) is 7.80. The van der Waals surface area contributed by atoms with Crippen molar-refractivity contribution in [2.24, 2.45) is 5.84 Å². The minimum absolute atomic E-state index is 0.0555. The molecule has 0 bridgehead atoms. The third-order valence-corrected chi connectivity index (χ3v) is 3.00. The number of rotatable bonds is 7. The molecule has 1 rings (SSSR count). The number of nitrogens with one attached hydrogen (secondary N) is 2. The number of carbonyl (C=O) groups excluding carboxylic acids is 1. The van der Waals surface area contributed by atoms with E-state index in [2.05, 4.69) is 27.6 Å². The highest BCUT2D eigenvalue weighted by molar-refractivity contribution is 7.98. The van der Waals surface area contributed by atoms with E-state index in [0.717, 1.165) is 13.0 Å². The molecule has 1 aromatic heterocycles. The Bertz CT molecular complexity index is 405. The summed E-state index contributed by atoms with van der Waals surface area (Å²) in [6.45, 7) is 3.05. The van der Waals surface area contributed by atoms with Gasteiger partial charge in [0.2, 0.25) is 5.91 Å². The number of anilines is 2. The molecule has 0 unspecified atom stereocenters. The number of aromatic nitrogens is 2. The molecular formula is C11H20N6OS. The molecule has 0 aliphatic rings. The maximum absolute atomic E-state index is 11.5. The highest BCUT2D eigenvalue weighted by Gasteiger charge is 2.13. The lowest BCUT2D eigenvalue weighted by atomic mass is 10.3. The van der Waals surface area contributed by atoms with E-state index in [1.807, 2.05) is 11.2 Å². The lowest BCUT2D eigenvalue weighted by molar-refractivity contribution is -0.119. The van der Waals surface area contributed by atoms with Crippen LogP contribution in [0.25, 0.3) is 0 Å². The van der Waals surface area contributed by atoms with Gasteiger partial charge in [0, 0.05) is 19.7 Å². The van der Waals surface area contributed by atoms with Crippen molar-refractivity contribution >= 4 is 29.3 Å². The number of hydrogen-bond donors (Lipinski definition) is 3. The molecule has 0 saturated heterocycles. The predicted molar refractivity (Wildman–Crippen MR) is 78.2 cm³/mol. The van der Waals surface area contributed by atoms with Crippen molar-refractivity contribution in [3.05, 3.63) is 6.07 Å². The fraction of sp³-hybridized carbons (Fsp3) is 0.545. The molecule has 4 N–H and O–H groups in total. The van der Waals surface area contributed by atoms with Crippen LogP contribution in [0.5, 0.6) is 0 Å². The molecule has 0 saturated carbocycles. The average Bonchev–Trinajstić information content (AvgIpc) is 2.45. The maximum atomic E-state index is 11.5. The zero-order chi connectivity index (χ0) is 14.3. The van der Waals surface area contributed by atoms with Crippen LogP contribution in [0.4, 0.5) is 11.6 Å². The SMILES string of the molecule is CCCN(CC(=O)NC)c1cc(NN)nc(SC)n1. The molecule has 1 amide bonds. The number of nitrogens with zero attached hydrogens (tertiary/aromatic N) is 3. The van der Waals surface area contributed by atoms with Crippen molar-refractivity contribution in [2.45, 2.75) is 18.5 Å². The Morgan fingerprint density at radius 3 is 2.79 bits per heavy atom. The van der Waals surface area contributed by atoms with Gasteiger partial charge < -0.3 is 15.6 Å². The molecule has 1 heterocycles. The molecule has 0 fully saturated rings. The largest absolute Gasteiger partial charge is 0.358 e. The Kier molecular flexibility index (Phi) is 6.37. The van der Waals surface area contributed by atoms with Crippen molar-refractivity contribution < 1.29 is 4.79 Å². The lowest BCUT2D eigenvalue weighted by Crippen LogP contribution is -2.36. The molecule has 7 nitrogen and oxygen atoms in total. The van der Waals surface area contributed by atoms with E-state index < -0.39 is 0 Å². The zero-order valence-electron chi connectivity index (χ0n) is 11.4. The second-order valence-corrected chi connectivity index (χ2v) is 4.61. The summed E-state index contributed by atoms with van der Waals surface area (Å²) in [5.41, 5.74) is 2.51. The number of nitrogens with two attached hydrogens (primary N) is 1. The van der Waals surface area contributed by atoms with Crippen LogP contribution in [0.1, 0.15) is 13.3 Å². The first-order valence-corrected chi connectivity index (χ1v) is 7.22. The van der Waals surface area contributed by atoms with Crippen LogP contribution < -0.4 is 21.5 Å². The molecule has 0 radical (unpaired) electrons. The number of carbonyl (C=O) groups is 1. The van der Waals surface area contributed by atoms with Gasteiger partial charge in [-0.3, -0.25) is 4.79 Å². The van der Waals surface area contributed by atoms with Gasteiger partial charge in [-0.1, -0.05) is 18.7 Å². The standard InChI is InChI=1S/C11H20N6OS/c1-4-5-17(7-10(18)13-2)9-6-8(16-12)14-11(15-9)19-3/h6H,4-5,7,12H2,1-3H3,(H,13,18)(H,14,15,16). The number of hydrazine groups is 1. The van der Waals surface area contributed by atoms with Crippen LogP contribution in [0.15, 0.2) is 11.2 Å². The monoisotopic (exact) mass is 284 g/mol. The fourth-order valence-corrected chi connectivity index (χ4v) is 1.91. The van der Waals surface area contributed by atoms with Crippen LogP contribution in [0.2, 0.25) is 0 Å². The first-order valence-electron chi connectivity index (χ1n) is 5.99. The summed E-state index contributed by atoms with van der Waals surface area (Å²) in [6.07, 6.45) is 2.81. The third-order valence-electron chi connectivity index (χ3n) is 2.45. The number of nitrogen functional groups attached to an aromatic ring is 1. The molecule has 8 heteroatoms. The summed E-state index contributed by atoms with van der Waals surface area (Å²) in [6, 6.07) is 1.73. The van der Waals surface area contributed by atoms with Crippen molar-refractivity contribution in [1.29, 1.82) is 0 Å². The molecular weight excluding hydrogens is 264 g/mol. The smallest absolute Gasteiger partial charge is 0.239 e. The first-order chi connectivity index (χ1) is 9.14. The van der Waals surface area contributed by atoms with E-state index in [1.165, 1.54) is 11.8 Å². The Labute approximate surface area is 117 Å². The van der Waals surface area contributed by atoms with Gasteiger partial charge in [0.25, 0.3) is 0 Å².